The summed E-state index contributed by atoms with van der Waals surface area (Å²) in [5, 5.41) is 0. The van der Waals surface area contributed by atoms with Crippen molar-refractivity contribution in [3.8, 4) is 0 Å². The van der Waals surface area contributed by atoms with Crippen molar-refractivity contribution >= 4 is 0 Å². The van der Waals surface area contributed by atoms with Crippen LogP contribution < -0.4 is 5.73 Å². The first-order valence-corrected chi connectivity index (χ1v) is 8.11. The summed E-state index contributed by atoms with van der Waals surface area (Å²) in [5.41, 5.74) is 6.35. The normalized spacial score (nSPS) is 32.2. The minimum atomic E-state index is 0.147. The van der Waals surface area contributed by atoms with Crippen LogP contribution in [0.2, 0.25) is 0 Å². The van der Waals surface area contributed by atoms with Crippen molar-refractivity contribution in [2.75, 3.05) is 19.6 Å². The Morgan fingerprint density at radius 1 is 1.16 bits per heavy atom. The largest absolute Gasteiger partial charge is 0.375 e. The van der Waals surface area contributed by atoms with E-state index in [4.69, 9.17) is 10.5 Å². The van der Waals surface area contributed by atoms with Crippen LogP contribution in [0.15, 0.2) is 0 Å². The number of nitrogens with two attached hydrogens (primary N) is 1. The fourth-order valence-corrected chi connectivity index (χ4v) is 3.72. The Hall–Kier alpha value is -0.120. The molecule has 2 unspecified atom stereocenters. The van der Waals surface area contributed by atoms with Crippen LogP contribution in [0.1, 0.15) is 60.3 Å². The van der Waals surface area contributed by atoms with E-state index < -0.39 is 0 Å². The van der Waals surface area contributed by atoms with E-state index in [1.807, 2.05) is 0 Å². The van der Waals surface area contributed by atoms with Crippen LogP contribution in [0.25, 0.3) is 0 Å². The van der Waals surface area contributed by atoms with Gasteiger partial charge < -0.3 is 10.5 Å². The topological polar surface area (TPSA) is 38.5 Å². The van der Waals surface area contributed by atoms with Crippen LogP contribution in [0, 0.1) is 5.92 Å². The zero-order chi connectivity index (χ0) is 14.5. The second-order valence-corrected chi connectivity index (χ2v) is 6.32. The second-order valence-electron chi connectivity index (χ2n) is 6.32. The fourth-order valence-electron chi connectivity index (χ4n) is 3.72. The predicted octanol–water partition coefficient (Wildman–Crippen LogP) is 3.03. The molecule has 0 spiro atoms. The molecule has 3 heteroatoms. The molecule has 19 heavy (non-hydrogen) atoms. The number of hydrogen-bond acceptors (Lipinski definition) is 3. The van der Waals surface area contributed by atoms with Gasteiger partial charge in [-0.25, -0.2) is 0 Å². The average Bonchev–Trinajstić information content (AvgIpc) is 2.39. The predicted molar refractivity (Wildman–Crippen MR) is 82.3 cm³/mol. The minimum absolute atomic E-state index is 0.147. The van der Waals surface area contributed by atoms with E-state index in [1.54, 1.807) is 0 Å². The monoisotopic (exact) mass is 270 g/mol. The molecule has 1 saturated heterocycles. The molecule has 0 aliphatic carbocycles. The Kier molecular flexibility index (Phi) is 6.78. The third kappa shape index (κ3) is 4.17. The van der Waals surface area contributed by atoms with Gasteiger partial charge in [-0.2, -0.15) is 0 Å². The Balaban J connectivity index is 2.83. The molecule has 3 nitrogen and oxygen atoms in total. The van der Waals surface area contributed by atoms with Gasteiger partial charge in [0.05, 0.1) is 12.2 Å². The number of nitrogens with zero attached hydrogens (tertiary/aromatic N) is 1. The van der Waals surface area contributed by atoms with Crippen molar-refractivity contribution < 1.29 is 4.74 Å². The van der Waals surface area contributed by atoms with Crippen LogP contribution in [0.5, 0.6) is 0 Å². The maximum atomic E-state index is 6.20. The second kappa shape index (κ2) is 7.61. The highest BCUT2D eigenvalue weighted by Gasteiger charge is 2.41. The summed E-state index contributed by atoms with van der Waals surface area (Å²) in [6.45, 7) is 14.3. The first-order valence-electron chi connectivity index (χ1n) is 8.11. The van der Waals surface area contributed by atoms with Gasteiger partial charge in [-0.1, -0.05) is 33.6 Å². The van der Waals surface area contributed by atoms with Gasteiger partial charge in [-0.3, -0.25) is 4.90 Å². The summed E-state index contributed by atoms with van der Waals surface area (Å²) >= 11 is 0. The third-order valence-electron chi connectivity index (χ3n) is 4.87. The Bertz CT molecular complexity index is 243. The Labute approximate surface area is 119 Å². The highest BCUT2D eigenvalue weighted by molar-refractivity contribution is 4.97. The van der Waals surface area contributed by atoms with Crippen LogP contribution in [0.4, 0.5) is 0 Å². The van der Waals surface area contributed by atoms with E-state index >= 15 is 0 Å². The number of ether oxygens (including phenoxy) is 1. The summed E-state index contributed by atoms with van der Waals surface area (Å²) in [7, 11) is 0. The van der Waals surface area contributed by atoms with Crippen molar-refractivity contribution in [2.45, 2.75) is 78.0 Å². The van der Waals surface area contributed by atoms with Crippen LogP contribution in [0.3, 0.4) is 0 Å². The quantitative estimate of drug-likeness (QED) is 0.773. The van der Waals surface area contributed by atoms with Crippen molar-refractivity contribution in [1.29, 1.82) is 0 Å². The van der Waals surface area contributed by atoms with Gasteiger partial charge in [0.2, 0.25) is 0 Å². The zero-order valence-electron chi connectivity index (χ0n) is 13.6. The van der Waals surface area contributed by atoms with Crippen LogP contribution in [-0.2, 0) is 4.74 Å². The molecule has 0 amide bonds. The summed E-state index contributed by atoms with van der Waals surface area (Å²) < 4.78 is 5.91. The molecule has 1 aliphatic rings. The Morgan fingerprint density at radius 2 is 1.68 bits per heavy atom. The fraction of sp³-hybridized carbons (Fsp3) is 1.00. The van der Waals surface area contributed by atoms with Gasteiger partial charge in [0.25, 0.3) is 0 Å². The molecule has 0 aromatic heterocycles. The number of likely N-dealkylation sites (N-methyl/N-ethyl adjacent to an activating group) is 1. The molecular weight excluding hydrogens is 236 g/mol. The summed E-state index contributed by atoms with van der Waals surface area (Å²) in [5.74, 6) is 0.789. The lowest BCUT2D eigenvalue weighted by Gasteiger charge is -2.50. The van der Waals surface area contributed by atoms with Crippen molar-refractivity contribution in [2.24, 2.45) is 11.7 Å². The van der Waals surface area contributed by atoms with E-state index in [1.165, 1.54) is 19.4 Å². The SMILES string of the molecule is CCC(CC)CN(CC)C1(CN)CC(C)OC(C)C1. The lowest BCUT2D eigenvalue weighted by atomic mass is 9.81. The van der Waals surface area contributed by atoms with Gasteiger partial charge in [-0.15, -0.1) is 0 Å². The zero-order valence-corrected chi connectivity index (χ0v) is 13.6. The highest BCUT2D eigenvalue weighted by Crippen LogP contribution is 2.34. The standard InChI is InChI=1S/C16H34N2O/c1-6-15(7-2)11-18(8-3)16(12-17)9-13(4)19-14(5)10-16/h13-15H,6-12,17H2,1-5H3. The van der Waals surface area contributed by atoms with E-state index in [2.05, 4.69) is 39.5 Å². The molecule has 1 heterocycles. The maximum Gasteiger partial charge on any atom is 0.0568 e. The molecular formula is C16H34N2O. The van der Waals surface area contributed by atoms with E-state index in [0.29, 0.717) is 12.2 Å². The molecule has 2 N–H and O–H groups in total. The van der Waals surface area contributed by atoms with Crippen LogP contribution >= 0.6 is 0 Å². The Morgan fingerprint density at radius 3 is 2.05 bits per heavy atom. The summed E-state index contributed by atoms with van der Waals surface area (Å²) in [6, 6.07) is 0. The van der Waals surface area contributed by atoms with E-state index in [9.17, 15) is 0 Å². The summed E-state index contributed by atoms with van der Waals surface area (Å²) in [6.07, 6.45) is 5.31. The third-order valence-corrected chi connectivity index (χ3v) is 4.87. The highest BCUT2D eigenvalue weighted by atomic mass is 16.5. The van der Waals surface area contributed by atoms with Gasteiger partial charge in [0.15, 0.2) is 0 Å². The molecule has 0 saturated carbocycles. The molecule has 0 aromatic carbocycles. The molecule has 0 aromatic rings. The number of hydrogen-bond donors (Lipinski definition) is 1. The van der Waals surface area contributed by atoms with Gasteiger partial charge in [0, 0.05) is 18.6 Å². The molecule has 0 radical (unpaired) electrons. The lowest BCUT2D eigenvalue weighted by Crippen LogP contribution is -2.60. The van der Waals surface area contributed by atoms with Crippen molar-refractivity contribution in [3.05, 3.63) is 0 Å². The first-order chi connectivity index (χ1) is 9.01. The average molecular weight is 270 g/mol. The van der Waals surface area contributed by atoms with Crippen molar-refractivity contribution in [3.63, 3.8) is 0 Å². The molecule has 1 fully saturated rings. The first kappa shape index (κ1) is 16.9. The molecule has 1 aliphatic heterocycles. The van der Waals surface area contributed by atoms with E-state index in [0.717, 1.165) is 31.8 Å². The van der Waals surface area contributed by atoms with Gasteiger partial charge in [0.1, 0.15) is 0 Å². The van der Waals surface area contributed by atoms with Gasteiger partial charge in [-0.05, 0) is 39.2 Å². The molecule has 114 valence electrons. The van der Waals surface area contributed by atoms with Crippen LogP contribution in [-0.4, -0.2) is 42.3 Å². The summed E-state index contributed by atoms with van der Waals surface area (Å²) in [4.78, 5) is 2.64. The minimum Gasteiger partial charge on any atom is -0.375 e. The molecule has 2 atom stereocenters. The van der Waals surface area contributed by atoms with Gasteiger partial charge >= 0.3 is 0 Å². The molecule has 0 bridgehead atoms. The number of rotatable bonds is 7. The molecule has 1 rings (SSSR count). The maximum absolute atomic E-state index is 6.20. The lowest BCUT2D eigenvalue weighted by molar-refractivity contribution is -0.105. The smallest absolute Gasteiger partial charge is 0.0568 e. The van der Waals surface area contributed by atoms with E-state index in [-0.39, 0.29) is 5.54 Å². The van der Waals surface area contributed by atoms with Crippen molar-refractivity contribution in [1.82, 2.24) is 4.90 Å².